The first-order valence-corrected chi connectivity index (χ1v) is 7.37. The molecule has 0 bridgehead atoms. The molecular formula is C15H19ClN4O. The summed E-state index contributed by atoms with van der Waals surface area (Å²) in [5.41, 5.74) is 0.584. The summed E-state index contributed by atoms with van der Waals surface area (Å²) in [6, 6.07) is 3.60. The maximum atomic E-state index is 12.7. The smallest absolute Gasteiger partial charge is 0.274 e. The van der Waals surface area contributed by atoms with Crippen LogP contribution in [0.3, 0.4) is 0 Å². The molecule has 1 aromatic heterocycles. The number of halogens is 1. The molecule has 21 heavy (non-hydrogen) atoms. The molecule has 0 unspecified atom stereocenters. The molecule has 0 N–H and O–H groups in total. The van der Waals surface area contributed by atoms with Crippen molar-refractivity contribution in [1.82, 2.24) is 14.8 Å². The van der Waals surface area contributed by atoms with Crippen molar-refractivity contribution in [2.45, 2.75) is 19.9 Å². The van der Waals surface area contributed by atoms with Crippen molar-refractivity contribution >= 4 is 17.5 Å². The average molecular weight is 307 g/mol. The highest BCUT2D eigenvalue weighted by Gasteiger charge is 2.33. The molecule has 1 saturated heterocycles. The second-order valence-electron chi connectivity index (χ2n) is 5.74. The molecule has 0 aliphatic carbocycles. The highest BCUT2D eigenvalue weighted by molar-refractivity contribution is 6.33. The molecular weight excluding hydrogens is 288 g/mol. The second-order valence-corrected chi connectivity index (χ2v) is 6.15. The number of carbonyl (C=O) groups excluding carboxylic acids is 1. The summed E-state index contributed by atoms with van der Waals surface area (Å²) in [6.07, 6.45) is 1.39. The Morgan fingerprint density at radius 2 is 2.24 bits per heavy atom. The molecule has 112 valence electrons. The van der Waals surface area contributed by atoms with Crippen molar-refractivity contribution in [1.29, 1.82) is 5.26 Å². The Kier molecular flexibility index (Phi) is 4.81. The van der Waals surface area contributed by atoms with Gasteiger partial charge in [0.1, 0.15) is 11.8 Å². The molecule has 5 nitrogen and oxygen atoms in total. The molecule has 1 atom stereocenters. The molecule has 0 aromatic carbocycles. The number of aromatic nitrogens is 1. The fourth-order valence-electron chi connectivity index (χ4n) is 2.57. The van der Waals surface area contributed by atoms with Gasteiger partial charge in [-0.15, -0.1) is 0 Å². The molecule has 1 aromatic rings. The van der Waals surface area contributed by atoms with Gasteiger partial charge in [0.15, 0.2) is 0 Å². The van der Waals surface area contributed by atoms with Gasteiger partial charge in [0.05, 0.1) is 10.6 Å². The lowest BCUT2D eigenvalue weighted by Gasteiger charge is -2.42. The van der Waals surface area contributed by atoms with Crippen molar-refractivity contribution < 1.29 is 4.79 Å². The number of nitriles is 1. The average Bonchev–Trinajstić information content (AvgIpc) is 2.46. The Balaban J connectivity index is 2.28. The highest BCUT2D eigenvalue weighted by Crippen LogP contribution is 2.22. The van der Waals surface area contributed by atoms with Gasteiger partial charge in [0, 0.05) is 31.9 Å². The Labute approximate surface area is 130 Å². The van der Waals surface area contributed by atoms with Crippen molar-refractivity contribution in [2.75, 3.05) is 26.7 Å². The summed E-state index contributed by atoms with van der Waals surface area (Å²) in [5.74, 6) is 0.199. The fraction of sp³-hybridized carbons (Fsp3) is 0.533. The van der Waals surface area contributed by atoms with E-state index in [1.807, 2.05) is 11.0 Å². The van der Waals surface area contributed by atoms with Gasteiger partial charge in [0.25, 0.3) is 5.91 Å². The van der Waals surface area contributed by atoms with E-state index in [1.165, 1.54) is 12.3 Å². The molecule has 0 saturated carbocycles. The van der Waals surface area contributed by atoms with Crippen LogP contribution in [0.25, 0.3) is 0 Å². The predicted octanol–water partition coefficient (Wildman–Crippen LogP) is 2.02. The van der Waals surface area contributed by atoms with Crippen LogP contribution >= 0.6 is 11.6 Å². The van der Waals surface area contributed by atoms with E-state index >= 15 is 0 Å². The Morgan fingerprint density at radius 1 is 1.52 bits per heavy atom. The summed E-state index contributed by atoms with van der Waals surface area (Å²) >= 11 is 6.11. The van der Waals surface area contributed by atoms with Crippen LogP contribution in [0, 0.1) is 17.2 Å². The topological polar surface area (TPSA) is 60.2 Å². The molecule has 1 aliphatic heterocycles. The Bertz CT molecular complexity index is 582. The molecule has 0 radical (unpaired) electrons. The van der Waals surface area contributed by atoms with E-state index in [-0.39, 0.29) is 22.7 Å². The van der Waals surface area contributed by atoms with E-state index in [4.69, 9.17) is 16.9 Å². The van der Waals surface area contributed by atoms with Crippen molar-refractivity contribution in [3.63, 3.8) is 0 Å². The van der Waals surface area contributed by atoms with E-state index < -0.39 is 0 Å². The monoisotopic (exact) mass is 306 g/mol. The number of pyridine rings is 1. The second kappa shape index (κ2) is 6.42. The number of hydrogen-bond donors (Lipinski definition) is 0. The molecule has 1 fully saturated rings. The van der Waals surface area contributed by atoms with Gasteiger partial charge < -0.3 is 9.80 Å². The van der Waals surface area contributed by atoms with E-state index in [0.717, 1.165) is 13.1 Å². The summed E-state index contributed by atoms with van der Waals surface area (Å²) in [6.45, 7) is 6.56. The normalized spacial score (nSPS) is 19.6. The largest absolute Gasteiger partial charge is 0.331 e. The molecule has 2 heterocycles. The van der Waals surface area contributed by atoms with Crippen LogP contribution in [-0.4, -0.2) is 53.4 Å². The lowest BCUT2D eigenvalue weighted by molar-refractivity contribution is 0.0397. The third-order valence-electron chi connectivity index (χ3n) is 3.82. The fourth-order valence-corrected chi connectivity index (χ4v) is 2.82. The maximum absolute atomic E-state index is 12.7. The number of nitrogens with zero attached hydrogens (tertiary/aromatic N) is 4. The molecule has 2 rings (SSSR count). The van der Waals surface area contributed by atoms with Crippen molar-refractivity contribution in [3.8, 4) is 6.07 Å². The zero-order chi connectivity index (χ0) is 15.6. The van der Waals surface area contributed by atoms with Gasteiger partial charge in [0.2, 0.25) is 0 Å². The Morgan fingerprint density at radius 3 is 2.81 bits per heavy atom. The number of hydrogen-bond acceptors (Lipinski definition) is 4. The first-order chi connectivity index (χ1) is 9.93. The van der Waals surface area contributed by atoms with Crippen LogP contribution in [-0.2, 0) is 0 Å². The van der Waals surface area contributed by atoms with Gasteiger partial charge >= 0.3 is 0 Å². The summed E-state index contributed by atoms with van der Waals surface area (Å²) < 4.78 is 0. The number of likely N-dealkylation sites (N-methyl/N-ethyl adjacent to an activating group) is 1. The van der Waals surface area contributed by atoms with E-state index in [1.54, 1.807) is 0 Å². The van der Waals surface area contributed by atoms with Gasteiger partial charge in [-0.05, 0) is 19.0 Å². The number of carbonyl (C=O) groups is 1. The van der Waals surface area contributed by atoms with Gasteiger partial charge in [-0.25, -0.2) is 4.98 Å². The number of piperazine rings is 1. The first kappa shape index (κ1) is 15.7. The van der Waals surface area contributed by atoms with Crippen molar-refractivity contribution in [3.05, 3.63) is 28.5 Å². The molecule has 6 heteroatoms. The van der Waals surface area contributed by atoms with Crippen LogP contribution in [0.4, 0.5) is 0 Å². The lowest BCUT2D eigenvalue weighted by Crippen LogP contribution is -2.56. The quantitative estimate of drug-likeness (QED) is 0.838. The van der Waals surface area contributed by atoms with Gasteiger partial charge in [-0.2, -0.15) is 5.26 Å². The van der Waals surface area contributed by atoms with Crippen molar-refractivity contribution in [2.24, 2.45) is 5.92 Å². The third kappa shape index (κ3) is 3.34. The molecule has 1 aliphatic rings. The number of rotatable bonds is 2. The van der Waals surface area contributed by atoms with Crippen LogP contribution in [0.5, 0.6) is 0 Å². The summed E-state index contributed by atoms with van der Waals surface area (Å²) in [4.78, 5) is 20.9. The lowest BCUT2D eigenvalue weighted by atomic mass is 9.99. The van der Waals surface area contributed by atoms with Crippen LogP contribution in [0.15, 0.2) is 12.3 Å². The zero-order valence-electron chi connectivity index (χ0n) is 12.5. The van der Waals surface area contributed by atoms with Crippen LogP contribution in [0.2, 0.25) is 5.02 Å². The van der Waals surface area contributed by atoms with Crippen LogP contribution < -0.4 is 0 Å². The summed E-state index contributed by atoms with van der Waals surface area (Å²) in [7, 11) is 2.06. The maximum Gasteiger partial charge on any atom is 0.274 e. The van der Waals surface area contributed by atoms with Gasteiger partial charge in [-0.1, -0.05) is 25.4 Å². The highest BCUT2D eigenvalue weighted by atomic mass is 35.5. The standard InChI is InChI=1S/C15H19ClN4O/c1-10(2)13-9-19(3)4-5-20(13)15(21)14-12(16)6-11(7-17)8-18-14/h6,8,10,13H,4-5,9H2,1-3H3/t13-/m0/s1. The van der Waals surface area contributed by atoms with E-state index in [0.29, 0.717) is 18.0 Å². The SMILES string of the molecule is CC(C)[C@@H]1CN(C)CCN1C(=O)c1ncc(C#N)cc1Cl. The van der Waals surface area contributed by atoms with E-state index in [2.05, 4.69) is 30.8 Å². The minimum Gasteiger partial charge on any atom is -0.331 e. The van der Waals surface area contributed by atoms with Gasteiger partial charge in [-0.3, -0.25) is 4.79 Å². The first-order valence-electron chi connectivity index (χ1n) is 6.99. The van der Waals surface area contributed by atoms with E-state index in [9.17, 15) is 4.79 Å². The third-order valence-corrected chi connectivity index (χ3v) is 4.11. The Hall–Kier alpha value is -1.64. The zero-order valence-corrected chi connectivity index (χ0v) is 13.3. The summed E-state index contributed by atoms with van der Waals surface area (Å²) in [5, 5.41) is 9.07. The molecule has 1 amide bonds. The minimum absolute atomic E-state index is 0.143. The number of amides is 1. The van der Waals surface area contributed by atoms with Crippen LogP contribution in [0.1, 0.15) is 29.9 Å². The minimum atomic E-state index is -0.156. The molecule has 0 spiro atoms. The predicted molar refractivity (Wildman–Crippen MR) is 81.1 cm³/mol.